The summed E-state index contributed by atoms with van der Waals surface area (Å²) in [7, 11) is 0. The lowest BCUT2D eigenvalue weighted by molar-refractivity contribution is 0.462. The van der Waals surface area contributed by atoms with Gasteiger partial charge in [0.1, 0.15) is 12.4 Å². The zero-order valence-corrected chi connectivity index (χ0v) is 5.37. The Bertz CT molecular complexity index is 290. The van der Waals surface area contributed by atoms with Gasteiger partial charge in [-0.3, -0.25) is 0 Å². The van der Waals surface area contributed by atoms with Crippen LogP contribution < -0.4 is 0 Å². The number of hydrogen-bond donors (Lipinski definition) is 1. The van der Waals surface area contributed by atoms with Crippen LogP contribution in [0.3, 0.4) is 0 Å². The van der Waals surface area contributed by atoms with E-state index in [9.17, 15) is 0 Å². The third kappa shape index (κ3) is 0.890. The SMILES string of the molecule is Cc1ncnc(C#N)c1O. The average Bonchev–Trinajstić information content (AvgIpc) is 1.95. The molecule has 1 rings (SSSR count). The minimum Gasteiger partial charge on any atom is -0.504 e. The Labute approximate surface area is 57.8 Å². The fourth-order valence-electron chi connectivity index (χ4n) is 0.549. The normalized spacial score (nSPS) is 8.80. The molecule has 0 bridgehead atoms. The second kappa shape index (κ2) is 2.31. The quantitative estimate of drug-likeness (QED) is 0.557. The van der Waals surface area contributed by atoms with Gasteiger partial charge in [0.2, 0.25) is 0 Å². The predicted molar refractivity (Wildman–Crippen MR) is 33.1 cm³/mol. The summed E-state index contributed by atoms with van der Waals surface area (Å²) in [6, 6.07) is 1.73. The highest BCUT2D eigenvalue weighted by Gasteiger charge is 2.03. The van der Waals surface area contributed by atoms with Gasteiger partial charge < -0.3 is 5.11 Å². The first-order valence-electron chi connectivity index (χ1n) is 2.66. The van der Waals surface area contributed by atoms with Crippen molar-refractivity contribution in [2.24, 2.45) is 0 Å². The summed E-state index contributed by atoms with van der Waals surface area (Å²) in [6.45, 7) is 1.61. The van der Waals surface area contributed by atoms with Crippen molar-refractivity contribution in [2.75, 3.05) is 0 Å². The van der Waals surface area contributed by atoms with Crippen LogP contribution in [0.4, 0.5) is 0 Å². The highest BCUT2D eigenvalue weighted by atomic mass is 16.3. The molecule has 0 aliphatic carbocycles. The molecule has 1 aromatic rings. The maximum absolute atomic E-state index is 9.05. The summed E-state index contributed by atoms with van der Waals surface area (Å²) >= 11 is 0. The van der Waals surface area contributed by atoms with Crippen LogP contribution in [-0.4, -0.2) is 15.1 Å². The molecule has 4 heteroatoms. The first-order valence-corrected chi connectivity index (χ1v) is 2.66. The third-order valence-electron chi connectivity index (χ3n) is 1.11. The molecule has 0 saturated heterocycles. The number of nitrogens with zero attached hydrogens (tertiary/aromatic N) is 3. The summed E-state index contributed by atoms with van der Waals surface area (Å²) in [4.78, 5) is 7.21. The van der Waals surface area contributed by atoms with E-state index in [1.54, 1.807) is 13.0 Å². The van der Waals surface area contributed by atoms with Gasteiger partial charge in [-0.1, -0.05) is 0 Å². The lowest BCUT2D eigenvalue weighted by Crippen LogP contribution is -1.88. The van der Waals surface area contributed by atoms with Gasteiger partial charge >= 0.3 is 0 Å². The second-order valence-electron chi connectivity index (χ2n) is 1.77. The Morgan fingerprint density at radius 3 is 2.80 bits per heavy atom. The Morgan fingerprint density at radius 2 is 2.30 bits per heavy atom. The molecule has 10 heavy (non-hydrogen) atoms. The number of aromatic nitrogens is 2. The number of aryl methyl sites for hydroxylation is 1. The van der Waals surface area contributed by atoms with Crippen LogP contribution in [0, 0.1) is 18.3 Å². The Balaban J connectivity index is 3.31. The van der Waals surface area contributed by atoms with Gasteiger partial charge in [-0.15, -0.1) is 0 Å². The maximum atomic E-state index is 9.05. The van der Waals surface area contributed by atoms with Crippen molar-refractivity contribution in [1.29, 1.82) is 5.26 Å². The van der Waals surface area contributed by atoms with E-state index in [-0.39, 0.29) is 11.4 Å². The van der Waals surface area contributed by atoms with Crippen LogP contribution in [0.2, 0.25) is 0 Å². The zero-order valence-electron chi connectivity index (χ0n) is 5.37. The molecule has 0 aliphatic heterocycles. The Morgan fingerprint density at radius 1 is 1.60 bits per heavy atom. The highest BCUT2D eigenvalue weighted by Crippen LogP contribution is 2.14. The van der Waals surface area contributed by atoms with Crippen molar-refractivity contribution in [3.63, 3.8) is 0 Å². The van der Waals surface area contributed by atoms with Gasteiger partial charge in [0.25, 0.3) is 0 Å². The molecule has 0 radical (unpaired) electrons. The minimum atomic E-state index is -0.134. The molecule has 0 atom stereocenters. The molecule has 0 unspecified atom stereocenters. The van der Waals surface area contributed by atoms with Gasteiger partial charge in [-0.2, -0.15) is 5.26 Å². The van der Waals surface area contributed by atoms with Crippen molar-refractivity contribution < 1.29 is 5.11 Å². The number of aromatic hydroxyl groups is 1. The van der Waals surface area contributed by atoms with Crippen LogP contribution in [-0.2, 0) is 0 Å². The van der Waals surface area contributed by atoms with Gasteiger partial charge in [-0.25, -0.2) is 9.97 Å². The Hall–Kier alpha value is -1.63. The molecule has 0 aromatic carbocycles. The summed E-state index contributed by atoms with van der Waals surface area (Å²) in [5.74, 6) is -0.134. The molecule has 0 aliphatic rings. The molecular formula is C6H5N3O. The lowest BCUT2D eigenvalue weighted by Gasteiger charge is -1.95. The largest absolute Gasteiger partial charge is 0.504 e. The predicted octanol–water partition coefficient (Wildman–Crippen LogP) is 0.362. The standard InChI is InChI=1S/C6H5N3O/c1-4-6(10)5(2-7)9-3-8-4/h3,10H,1H3. The van der Waals surface area contributed by atoms with E-state index in [2.05, 4.69) is 9.97 Å². The van der Waals surface area contributed by atoms with Crippen molar-refractivity contribution in [3.8, 4) is 11.8 Å². The van der Waals surface area contributed by atoms with Crippen molar-refractivity contribution in [1.82, 2.24) is 9.97 Å². The van der Waals surface area contributed by atoms with Crippen LogP contribution in [0.5, 0.6) is 5.75 Å². The van der Waals surface area contributed by atoms with E-state index < -0.39 is 0 Å². The van der Waals surface area contributed by atoms with Gasteiger partial charge in [0.05, 0.1) is 5.69 Å². The maximum Gasteiger partial charge on any atom is 0.185 e. The molecule has 1 N–H and O–H groups in total. The van der Waals surface area contributed by atoms with Gasteiger partial charge in [0, 0.05) is 0 Å². The fraction of sp³-hybridized carbons (Fsp3) is 0.167. The van der Waals surface area contributed by atoms with Crippen LogP contribution >= 0.6 is 0 Å². The molecule has 0 fully saturated rings. The van der Waals surface area contributed by atoms with Crippen molar-refractivity contribution >= 4 is 0 Å². The summed E-state index contributed by atoms with van der Waals surface area (Å²) < 4.78 is 0. The van der Waals surface area contributed by atoms with E-state index >= 15 is 0 Å². The molecule has 1 heterocycles. The smallest absolute Gasteiger partial charge is 0.185 e. The van der Waals surface area contributed by atoms with Gasteiger partial charge in [0.15, 0.2) is 11.4 Å². The summed E-state index contributed by atoms with van der Waals surface area (Å²) in [5.41, 5.74) is 0.444. The highest BCUT2D eigenvalue weighted by molar-refractivity contribution is 5.37. The number of nitriles is 1. The lowest BCUT2D eigenvalue weighted by atomic mass is 10.3. The van der Waals surface area contributed by atoms with E-state index in [0.717, 1.165) is 0 Å². The van der Waals surface area contributed by atoms with Gasteiger partial charge in [-0.05, 0) is 6.92 Å². The first-order chi connectivity index (χ1) is 4.75. The second-order valence-corrected chi connectivity index (χ2v) is 1.77. The van der Waals surface area contributed by atoms with Crippen LogP contribution in [0.25, 0.3) is 0 Å². The van der Waals surface area contributed by atoms with E-state index in [4.69, 9.17) is 10.4 Å². The minimum absolute atomic E-state index is 0.0208. The van der Waals surface area contributed by atoms with Crippen molar-refractivity contribution in [2.45, 2.75) is 6.92 Å². The van der Waals surface area contributed by atoms with Crippen molar-refractivity contribution in [3.05, 3.63) is 17.7 Å². The monoisotopic (exact) mass is 135 g/mol. The molecular weight excluding hydrogens is 130 g/mol. The Kier molecular flexibility index (Phi) is 1.50. The van der Waals surface area contributed by atoms with E-state index in [1.165, 1.54) is 6.33 Å². The fourth-order valence-corrected chi connectivity index (χ4v) is 0.549. The zero-order chi connectivity index (χ0) is 7.56. The van der Waals surface area contributed by atoms with E-state index in [1.807, 2.05) is 0 Å². The first kappa shape index (κ1) is 6.49. The molecule has 1 aromatic heterocycles. The van der Waals surface area contributed by atoms with Crippen LogP contribution in [0.15, 0.2) is 6.33 Å². The molecule has 50 valence electrons. The summed E-state index contributed by atoms with van der Waals surface area (Å²) in [5, 5.41) is 17.4. The average molecular weight is 135 g/mol. The van der Waals surface area contributed by atoms with Crippen LogP contribution in [0.1, 0.15) is 11.4 Å². The molecule has 0 amide bonds. The molecule has 4 nitrogen and oxygen atoms in total. The summed E-state index contributed by atoms with van der Waals surface area (Å²) in [6.07, 6.45) is 1.24. The molecule has 0 saturated carbocycles. The number of hydrogen-bond acceptors (Lipinski definition) is 4. The third-order valence-corrected chi connectivity index (χ3v) is 1.11. The number of rotatable bonds is 0. The topological polar surface area (TPSA) is 69.8 Å². The molecule has 0 spiro atoms. The van der Waals surface area contributed by atoms with E-state index in [0.29, 0.717) is 5.69 Å².